The van der Waals surface area contributed by atoms with Crippen LogP contribution in [0, 0.1) is 6.92 Å². The minimum atomic E-state index is 0.437. The molecule has 106 valence electrons. The van der Waals surface area contributed by atoms with Crippen molar-refractivity contribution in [3.8, 4) is 22.8 Å². The first-order chi connectivity index (χ1) is 10.0. The molecule has 0 atom stereocenters. The summed E-state index contributed by atoms with van der Waals surface area (Å²) in [5.74, 6) is 0.996. The molecule has 0 fully saturated rings. The van der Waals surface area contributed by atoms with Crippen molar-refractivity contribution in [3.63, 3.8) is 0 Å². The van der Waals surface area contributed by atoms with Crippen LogP contribution in [0.3, 0.4) is 0 Å². The molecule has 1 heterocycles. The zero-order valence-corrected chi connectivity index (χ0v) is 14.3. The number of hydrogen-bond donors (Lipinski definition) is 1. The number of anilines is 1. The third-order valence-electron chi connectivity index (χ3n) is 3.08. The van der Waals surface area contributed by atoms with Crippen LogP contribution in [0.5, 0.6) is 0 Å². The topological polar surface area (TPSA) is 64.9 Å². The van der Waals surface area contributed by atoms with Gasteiger partial charge in [0.15, 0.2) is 0 Å². The van der Waals surface area contributed by atoms with E-state index in [1.54, 1.807) is 6.07 Å². The van der Waals surface area contributed by atoms with E-state index in [1.165, 1.54) is 0 Å². The van der Waals surface area contributed by atoms with Crippen LogP contribution in [-0.2, 0) is 0 Å². The van der Waals surface area contributed by atoms with Crippen molar-refractivity contribution < 1.29 is 4.52 Å². The Morgan fingerprint density at radius 2 is 1.86 bits per heavy atom. The van der Waals surface area contributed by atoms with E-state index in [9.17, 15) is 0 Å². The van der Waals surface area contributed by atoms with Crippen LogP contribution in [0.2, 0.25) is 0 Å². The van der Waals surface area contributed by atoms with Gasteiger partial charge in [-0.15, -0.1) is 0 Å². The zero-order chi connectivity index (χ0) is 15.0. The highest BCUT2D eigenvalue weighted by Crippen LogP contribution is 2.31. The van der Waals surface area contributed by atoms with E-state index in [1.807, 2.05) is 37.3 Å². The molecule has 0 aliphatic heterocycles. The Balaban J connectivity index is 2.06. The van der Waals surface area contributed by atoms with E-state index in [0.717, 1.165) is 25.6 Å². The number of rotatable bonds is 2. The third kappa shape index (κ3) is 2.87. The lowest BCUT2D eigenvalue weighted by molar-refractivity contribution is 0.432. The summed E-state index contributed by atoms with van der Waals surface area (Å²) in [6.45, 7) is 2.01. The van der Waals surface area contributed by atoms with Gasteiger partial charge in [0, 0.05) is 20.2 Å². The van der Waals surface area contributed by atoms with Crippen LogP contribution in [0.15, 0.2) is 49.9 Å². The molecule has 0 aliphatic rings. The molecule has 0 unspecified atom stereocenters. The molecule has 21 heavy (non-hydrogen) atoms. The zero-order valence-electron chi connectivity index (χ0n) is 11.1. The number of nitrogen functional groups attached to an aromatic ring is 1. The van der Waals surface area contributed by atoms with Crippen molar-refractivity contribution in [2.45, 2.75) is 6.92 Å². The Kier molecular flexibility index (Phi) is 3.82. The molecule has 0 saturated heterocycles. The number of hydrogen-bond acceptors (Lipinski definition) is 4. The second-order valence-electron chi connectivity index (χ2n) is 4.62. The van der Waals surface area contributed by atoms with Crippen LogP contribution in [0.25, 0.3) is 22.8 Å². The van der Waals surface area contributed by atoms with Gasteiger partial charge in [-0.2, -0.15) is 4.98 Å². The van der Waals surface area contributed by atoms with Gasteiger partial charge in [-0.05, 0) is 64.8 Å². The molecule has 1 aromatic heterocycles. The largest absolute Gasteiger partial charge is 0.399 e. The fourth-order valence-electron chi connectivity index (χ4n) is 2.03. The van der Waals surface area contributed by atoms with Crippen LogP contribution in [0.4, 0.5) is 5.69 Å². The Morgan fingerprint density at radius 3 is 2.62 bits per heavy atom. The maximum Gasteiger partial charge on any atom is 0.259 e. The average Bonchev–Trinajstić information content (AvgIpc) is 2.91. The maximum absolute atomic E-state index is 5.81. The molecule has 0 radical (unpaired) electrons. The van der Waals surface area contributed by atoms with Crippen LogP contribution in [-0.4, -0.2) is 10.1 Å². The maximum atomic E-state index is 5.81. The second kappa shape index (κ2) is 5.61. The van der Waals surface area contributed by atoms with Crippen molar-refractivity contribution in [1.29, 1.82) is 0 Å². The number of benzene rings is 2. The van der Waals surface area contributed by atoms with E-state index in [2.05, 4.69) is 42.0 Å². The molecule has 0 bridgehead atoms. The number of aromatic nitrogens is 2. The van der Waals surface area contributed by atoms with E-state index in [-0.39, 0.29) is 0 Å². The molecule has 4 nitrogen and oxygen atoms in total. The van der Waals surface area contributed by atoms with Crippen LogP contribution < -0.4 is 5.73 Å². The monoisotopic (exact) mass is 407 g/mol. The number of nitrogens with zero attached hydrogens (tertiary/aromatic N) is 2. The summed E-state index contributed by atoms with van der Waals surface area (Å²) in [6.07, 6.45) is 0. The molecule has 2 N–H and O–H groups in total. The molecule has 0 amide bonds. The Bertz CT molecular complexity index is 814. The van der Waals surface area contributed by atoms with Gasteiger partial charge in [-0.1, -0.05) is 21.1 Å². The fourth-order valence-corrected chi connectivity index (χ4v) is 2.92. The van der Waals surface area contributed by atoms with E-state index >= 15 is 0 Å². The number of nitrogens with two attached hydrogens (primary N) is 1. The Morgan fingerprint density at radius 1 is 1.05 bits per heavy atom. The highest BCUT2D eigenvalue weighted by Gasteiger charge is 2.15. The molecular weight excluding hydrogens is 398 g/mol. The summed E-state index contributed by atoms with van der Waals surface area (Å²) in [7, 11) is 0. The second-order valence-corrected chi connectivity index (χ2v) is 6.39. The van der Waals surface area contributed by atoms with E-state index < -0.39 is 0 Å². The molecule has 0 spiro atoms. The number of aryl methyl sites for hydroxylation is 1. The van der Waals surface area contributed by atoms with Gasteiger partial charge in [0.05, 0.1) is 5.56 Å². The summed E-state index contributed by atoms with van der Waals surface area (Å²) in [4.78, 5) is 4.46. The molecule has 0 aliphatic carbocycles. The molecule has 3 aromatic rings. The Labute approximate surface area is 138 Å². The first kappa shape index (κ1) is 14.3. The highest BCUT2D eigenvalue weighted by atomic mass is 79.9. The lowest BCUT2D eigenvalue weighted by Crippen LogP contribution is -1.88. The standard InChI is InChI=1S/C15H11Br2N3O/c1-8-6-9(16)2-4-11(8)14-19-15(21-20-14)12-7-10(18)3-5-13(12)17/h2-7H,18H2,1H3. The third-order valence-corrected chi connectivity index (χ3v) is 4.26. The van der Waals surface area contributed by atoms with Crippen molar-refractivity contribution in [3.05, 3.63) is 50.9 Å². The predicted octanol–water partition coefficient (Wildman–Crippen LogP) is 4.82. The quantitative estimate of drug-likeness (QED) is 0.617. The number of halogens is 2. The van der Waals surface area contributed by atoms with Gasteiger partial charge >= 0.3 is 0 Å². The summed E-state index contributed by atoms with van der Waals surface area (Å²) < 4.78 is 7.25. The summed E-state index contributed by atoms with van der Waals surface area (Å²) in [6, 6.07) is 11.4. The molecule has 2 aromatic carbocycles. The summed E-state index contributed by atoms with van der Waals surface area (Å²) in [5, 5.41) is 4.06. The Hall–Kier alpha value is -1.66. The van der Waals surface area contributed by atoms with Crippen molar-refractivity contribution in [1.82, 2.24) is 10.1 Å². The smallest absolute Gasteiger partial charge is 0.259 e. The molecular formula is C15H11Br2N3O. The molecule has 6 heteroatoms. The lowest BCUT2D eigenvalue weighted by Gasteiger charge is -2.01. The minimum Gasteiger partial charge on any atom is -0.399 e. The van der Waals surface area contributed by atoms with Crippen molar-refractivity contribution in [2.24, 2.45) is 0 Å². The van der Waals surface area contributed by atoms with Crippen molar-refractivity contribution in [2.75, 3.05) is 5.73 Å². The van der Waals surface area contributed by atoms with Gasteiger partial charge in [-0.3, -0.25) is 0 Å². The van der Waals surface area contributed by atoms with Crippen LogP contribution >= 0.6 is 31.9 Å². The lowest BCUT2D eigenvalue weighted by atomic mass is 10.1. The van der Waals surface area contributed by atoms with Crippen LogP contribution in [0.1, 0.15) is 5.56 Å². The van der Waals surface area contributed by atoms with Crippen molar-refractivity contribution >= 4 is 37.5 Å². The molecule has 3 rings (SSSR count). The predicted molar refractivity (Wildman–Crippen MR) is 89.7 cm³/mol. The minimum absolute atomic E-state index is 0.437. The SMILES string of the molecule is Cc1cc(Br)ccc1-c1noc(-c2cc(N)ccc2Br)n1. The fraction of sp³-hybridized carbons (Fsp3) is 0.0667. The first-order valence-corrected chi connectivity index (χ1v) is 7.79. The summed E-state index contributed by atoms with van der Waals surface area (Å²) in [5.41, 5.74) is 9.25. The molecule has 0 saturated carbocycles. The van der Waals surface area contributed by atoms with E-state index in [0.29, 0.717) is 17.4 Å². The first-order valence-electron chi connectivity index (χ1n) is 6.20. The van der Waals surface area contributed by atoms with Gasteiger partial charge in [0.25, 0.3) is 5.89 Å². The highest BCUT2D eigenvalue weighted by molar-refractivity contribution is 9.10. The van der Waals surface area contributed by atoms with Gasteiger partial charge in [0.2, 0.25) is 5.82 Å². The average molecular weight is 409 g/mol. The van der Waals surface area contributed by atoms with Gasteiger partial charge in [0.1, 0.15) is 0 Å². The summed E-state index contributed by atoms with van der Waals surface area (Å²) >= 11 is 6.91. The van der Waals surface area contributed by atoms with E-state index in [4.69, 9.17) is 10.3 Å². The van der Waals surface area contributed by atoms with Gasteiger partial charge < -0.3 is 10.3 Å². The normalized spacial score (nSPS) is 10.8. The van der Waals surface area contributed by atoms with Gasteiger partial charge in [-0.25, -0.2) is 0 Å².